The molecule has 0 atom stereocenters. The topological polar surface area (TPSA) is 80.3 Å². The Kier molecular flexibility index (Phi) is 7.21. The maximum absolute atomic E-state index is 13.5. The lowest BCUT2D eigenvalue weighted by Crippen LogP contribution is -2.26. The summed E-state index contributed by atoms with van der Waals surface area (Å²) in [5.74, 6) is 0.286. The van der Waals surface area contributed by atoms with Gasteiger partial charge in [-0.3, -0.25) is 9.59 Å². The van der Waals surface area contributed by atoms with Crippen LogP contribution in [0.25, 0.3) is 22.4 Å². The summed E-state index contributed by atoms with van der Waals surface area (Å²) in [5.41, 5.74) is 5.40. The van der Waals surface area contributed by atoms with E-state index in [4.69, 9.17) is 9.72 Å². The quantitative estimate of drug-likeness (QED) is 0.371. The number of aryl methyl sites for hydroxylation is 1. The van der Waals surface area contributed by atoms with Crippen LogP contribution in [0.2, 0.25) is 0 Å². The van der Waals surface area contributed by atoms with Gasteiger partial charge in [0.05, 0.1) is 18.4 Å². The number of carbonyl (C=O) groups is 2. The Morgan fingerprint density at radius 3 is 2.17 bits per heavy atom. The number of anilines is 1. The fourth-order valence-electron chi connectivity index (χ4n) is 3.77. The Morgan fingerprint density at radius 2 is 1.54 bits per heavy atom. The second-order valence-corrected chi connectivity index (χ2v) is 8.22. The van der Waals surface area contributed by atoms with Crippen molar-refractivity contribution in [3.8, 4) is 28.1 Å². The number of rotatable bonds is 7. The van der Waals surface area contributed by atoms with Gasteiger partial charge in [0.25, 0.3) is 5.91 Å². The first-order chi connectivity index (χ1) is 16.9. The molecule has 0 aliphatic carbocycles. The molecule has 0 spiro atoms. The van der Waals surface area contributed by atoms with Crippen molar-refractivity contribution in [3.63, 3.8) is 0 Å². The molecule has 2 amide bonds. The van der Waals surface area contributed by atoms with Crippen LogP contribution in [-0.2, 0) is 11.3 Å². The number of benzene rings is 3. The Hall–Kier alpha value is -4.45. The van der Waals surface area contributed by atoms with E-state index < -0.39 is 0 Å². The van der Waals surface area contributed by atoms with E-state index >= 15 is 0 Å². The largest absolute Gasteiger partial charge is 0.497 e. The number of ether oxygens (including phenoxy) is 1. The van der Waals surface area contributed by atoms with Gasteiger partial charge in [0.2, 0.25) is 5.91 Å². The van der Waals surface area contributed by atoms with E-state index in [1.165, 1.54) is 6.92 Å². The zero-order valence-corrected chi connectivity index (χ0v) is 20.0. The standard InChI is InChI=1S/C29H27N3O3/c1-19-9-11-23(12-10-19)26-17-25(22-13-15-24(35-3)16-14-22)27(28(32-26)31-20(2)33)29(34)30-18-21-7-5-4-6-8-21/h4-17H,18H2,1-3H3,(H,30,34)(H,31,32,33). The van der Waals surface area contributed by atoms with Crippen molar-refractivity contribution >= 4 is 17.6 Å². The van der Waals surface area contributed by atoms with Crippen LogP contribution in [0.15, 0.2) is 84.9 Å². The molecule has 3 aromatic carbocycles. The van der Waals surface area contributed by atoms with Crippen LogP contribution >= 0.6 is 0 Å². The number of carbonyl (C=O) groups excluding carboxylic acids is 2. The van der Waals surface area contributed by atoms with Gasteiger partial charge in [0.1, 0.15) is 11.6 Å². The zero-order valence-electron chi connectivity index (χ0n) is 20.0. The molecule has 1 aromatic heterocycles. The van der Waals surface area contributed by atoms with Crippen molar-refractivity contribution in [1.29, 1.82) is 0 Å². The molecule has 2 N–H and O–H groups in total. The van der Waals surface area contributed by atoms with E-state index in [1.54, 1.807) is 7.11 Å². The highest BCUT2D eigenvalue weighted by Crippen LogP contribution is 2.34. The van der Waals surface area contributed by atoms with Crippen LogP contribution in [0.1, 0.15) is 28.4 Å². The maximum Gasteiger partial charge on any atom is 0.255 e. The van der Waals surface area contributed by atoms with Crippen molar-refractivity contribution < 1.29 is 14.3 Å². The van der Waals surface area contributed by atoms with E-state index in [1.807, 2.05) is 91.9 Å². The number of nitrogens with one attached hydrogen (secondary N) is 2. The average molecular weight is 466 g/mol. The second-order valence-electron chi connectivity index (χ2n) is 8.22. The summed E-state index contributed by atoms with van der Waals surface area (Å²) in [6, 6.07) is 26.9. The van der Waals surface area contributed by atoms with E-state index in [0.717, 1.165) is 22.3 Å². The van der Waals surface area contributed by atoms with Crippen molar-refractivity contribution in [3.05, 3.63) is 102 Å². The Morgan fingerprint density at radius 1 is 0.886 bits per heavy atom. The van der Waals surface area contributed by atoms with Crippen LogP contribution in [0, 0.1) is 6.92 Å². The third kappa shape index (κ3) is 5.73. The van der Waals surface area contributed by atoms with Gasteiger partial charge in [0, 0.05) is 24.6 Å². The summed E-state index contributed by atoms with van der Waals surface area (Å²) in [6.45, 7) is 3.77. The smallest absolute Gasteiger partial charge is 0.255 e. The van der Waals surface area contributed by atoms with Crippen LogP contribution < -0.4 is 15.4 Å². The van der Waals surface area contributed by atoms with E-state index in [0.29, 0.717) is 29.1 Å². The van der Waals surface area contributed by atoms with Gasteiger partial charge in [-0.1, -0.05) is 72.3 Å². The molecule has 0 saturated carbocycles. The molecule has 1 heterocycles. The first-order valence-corrected chi connectivity index (χ1v) is 11.3. The Labute approximate surface area is 205 Å². The lowest BCUT2D eigenvalue weighted by atomic mass is 9.96. The van der Waals surface area contributed by atoms with Gasteiger partial charge in [-0.15, -0.1) is 0 Å². The average Bonchev–Trinajstić information content (AvgIpc) is 2.87. The van der Waals surface area contributed by atoms with Gasteiger partial charge >= 0.3 is 0 Å². The lowest BCUT2D eigenvalue weighted by Gasteiger charge is -2.17. The summed E-state index contributed by atoms with van der Waals surface area (Å²) < 4.78 is 5.30. The summed E-state index contributed by atoms with van der Waals surface area (Å²) in [7, 11) is 1.61. The third-order valence-corrected chi connectivity index (χ3v) is 5.59. The van der Waals surface area contributed by atoms with E-state index in [-0.39, 0.29) is 17.6 Å². The molecule has 0 radical (unpaired) electrons. The van der Waals surface area contributed by atoms with Crippen molar-refractivity contribution in [2.75, 3.05) is 12.4 Å². The first-order valence-electron chi connectivity index (χ1n) is 11.3. The fourth-order valence-corrected chi connectivity index (χ4v) is 3.77. The third-order valence-electron chi connectivity index (χ3n) is 5.59. The maximum atomic E-state index is 13.5. The Bertz CT molecular complexity index is 1330. The molecule has 35 heavy (non-hydrogen) atoms. The molecule has 6 nitrogen and oxygen atoms in total. The van der Waals surface area contributed by atoms with Gasteiger partial charge < -0.3 is 15.4 Å². The number of nitrogens with zero attached hydrogens (tertiary/aromatic N) is 1. The Balaban J connectivity index is 1.85. The molecule has 0 saturated heterocycles. The molecule has 0 unspecified atom stereocenters. The number of aromatic nitrogens is 1. The molecule has 4 rings (SSSR count). The van der Waals surface area contributed by atoms with Gasteiger partial charge in [0.15, 0.2) is 0 Å². The number of amides is 2. The van der Waals surface area contributed by atoms with Crippen molar-refractivity contribution in [2.24, 2.45) is 0 Å². The molecular formula is C29H27N3O3. The van der Waals surface area contributed by atoms with Gasteiger partial charge in [-0.25, -0.2) is 4.98 Å². The van der Waals surface area contributed by atoms with Crippen LogP contribution in [0.4, 0.5) is 5.82 Å². The van der Waals surface area contributed by atoms with E-state index in [9.17, 15) is 9.59 Å². The predicted molar refractivity (Wildman–Crippen MR) is 138 cm³/mol. The minimum Gasteiger partial charge on any atom is -0.497 e. The minimum absolute atomic E-state index is 0.215. The van der Waals surface area contributed by atoms with Crippen LogP contribution in [-0.4, -0.2) is 23.9 Å². The molecule has 176 valence electrons. The number of methoxy groups -OCH3 is 1. The van der Waals surface area contributed by atoms with Crippen molar-refractivity contribution in [1.82, 2.24) is 10.3 Å². The molecule has 0 bridgehead atoms. The SMILES string of the molecule is COc1ccc(-c2cc(-c3ccc(C)cc3)nc(NC(C)=O)c2C(=O)NCc2ccccc2)cc1. The highest BCUT2D eigenvalue weighted by molar-refractivity contribution is 6.08. The van der Waals surface area contributed by atoms with E-state index in [2.05, 4.69) is 10.6 Å². The molecule has 4 aromatic rings. The first kappa shape index (κ1) is 23.7. The normalized spacial score (nSPS) is 10.5. The molecule has 0 aliphatic rings. The minimum atomic E-state index is -0.327. The zero-order chi connectivity index (χ0) is 24.8. The summed E-state index contributed by atoms with van der Waals surface area (Å²) in [4.78, 5) is 30.3. The molecule has 0 fully saturated rings. The van der Waals surface area contributed by atoms with Gasteiger partial charge in [-0.2, -0.15) is 0 Å². The predicted octanol–water partition coefficient (Wildman–Crippen LogP) is 5.62. The fraction of sp³-hybridized carbons (Fsp3) is 0.138. The summed E-state index contributed by atoms with van der Waals surface area (Å²) in [6.07, 6.45) is 0. The summed E-state index contributed by atoms with van der Waals surface area (Å²) >= 11 is 0. The highest BCUT2D eigenvalue weighted by atomic mass is 16.5. The number of pyridine rings is 1. The summed E-state index contributed by atoms with van der Waals surface area (Å²) in [5, 5.41) is 5.74. The number of hydrogen-bond donors (Lipinski definition) is 2. The second kappa shape index (κ2) is 10.7. The molecular weight excluding hydrogens is 438 g/mol. The molecule has 0 aliphatic heterocycles. The molecule has 6 heteroatoms. The number of hydrogen-bond acceptors (Lipinski definition) is 4. The van der Waals surface area contributed by atoms with Gasteiger partial charge in [-0.05, 0) is 36.2 Å². The van der Waals surface area contributed by atoms with Crippen LogP contribution in [0.5, 0.6) is 5.75 Å². The van der Waals surface area contributed by atoms with Crippen molar-refractivity contribution in [2.45, 2.75) is 20.4 Å². The highest BCUT2D eigenvalue weighted by Gasteiger charge is 2.22. The lowest BCUT2D eigenvalue weighted by molar-refractivity contribution is -0.114. The van der Waals surface area contributed by atoms with Crippen LogP contribution in [0.3, 0.4) is 0 Å². The monoisotopic (exact) mass is 465 g/mol.